The van der Waals surface area contributed by atoms with Crippen molar-refractivity contribution in [1.82, 2.24) is 4.31 Å². The van der Waals surface area contributed by atoms with E-state index in [9.17, 15) is 8.42 Å². The van der Waals surface area contributed by atoms with E-state index in [1.165, 1.54) is 0 Å². The Kier molecular flexibility index (Phi) is 5.74. The Balaban J connectivity index is 1.46. The summed E-state index contributed by atoms with van der Waals surface area (Å²) in [5.74, 6) is 1.50. The highest BCUT2D eigenvalue weighted by Crippen LogP contribution is 2.24. The molecule has 148 valence electrons. The zero-order valence-corrected chi connectivity index (χ0v) is 16.8. The summed E-state index contributed by atoms with van der Waals surface area (Å²) in [7, 11) is -3.39. The maximum absolute atomic E-state index is 12.6. The van der Waals surface area contributed by atoms with Gasteiger partial charge in [-0.25, -0.2) is 8.42 Å². The van der Waals surface area contributed by atoms with Crippen LogP contribution in [0.5, 0.6) is 11.5 Å². The van der Waals surface area contributed by atoms with Crippen molar-refractivity contribution in [3.05, 3.63) is 84.4 Å². The van der Waals surface area contributed by atoms with Gasteiger partial charge in [-0.3, -0.25) is 4.99 Å². The molecule has 5 nitrogen and oxygen atoms in total. The number of rotatable bonds is 6. The molecule has 0 radical (unpaired) electrons. The first-order valence-corrected chi connectivity index (χ1v) is 11.0. The SMILES string of the molecule is O=S(=O)(c1ccc(N=Cc2cccc(Oc3ccccc3)c2)cc1)N1CCCC1. The van der Waals surface area contributed by atoms with Gasteiger partial charge in [-0.05, 0) is 66.9 Å². The molecule has 1 saturated heterocycles. The molecule has 6 heteroatoms. The second kappa shape index (κ2) is 8.59. The van der Waals surface area contributed by atoms with Gasteiger partial charge in [-0.2, -0.15) is 4.31 Å². The zero-order valence-electron chi connectivity index (χ0n) is 15.9. The largest absolute Gasteiger partial charge is 0.457 e. The molecule has 0 spiro atoms. The molecule has 0 aromatic heterocycles. The smallest absolute Gasteiger partial charge is 0.243 e. The number of benzene rings is 3. The van der Waals surface area contributed by atoms with E-state index in [0.717, 1.165) is 29.9 Å². The molecule has 1 aliphatic heterocycles. The van der Waals surface area contributed by atoms with Crippen molar-refractivity contribution in [3.63, 3.8) is 0 Å². The van der Waals surface area contributed by atoms with E-state index in [4.69, 9.17) is 4.74 Å². The van der Waals surface area contributed by atoms with Gasteiger partial charge in [0, 0.05) is 19.3 Å². The number of hydrogen-bond donors (Lipinski definition) is 0. The second-order valence-electron chi connectivity index (χ2n) is 6.85. The van der Waals surface area contributed by atoms with Crippen molar-refractivity contribution in [2.24, 2.45) is 4.99 Å². The Morgan fingerprint density at radius 3 is 2.24 bits per heavy atom. The topological polar surface area (TPSA) is 59.0 Å². The van der Waals surface area contributed by atoms with E-state index in [0.29, 0.717) is 23.7 Å². The van der Waals surface area contributed by atoms with Crippen LogP contribution in [0.25, 0.3) is 0 Å². The summed E-state index contributed by atoms with van der Waals surface area (Å²) < 4.78 is 32.6. The normalized spacial score (nSPS) is 15.0. The van der Waals surface area contributed by atoms with Crippen LogP contribution in [0.2, 0.25) is 0 Å². The predicted molar refractivity (Wildman–Crippen MR) is 115 cm³/mol. The van der Waals surface area contributed by atoms with E-state index >= 15 is 0 Å². The Hall–Kier alpha value is -2.96. The van der Waals surface area contributed by atoms with E-state index in [1.807, 2.05) is 54.6 Å². The third kappa shape index (κ3) is 4.72. The van der Waals surface area contributed by atoms with Crippen LogP contribution in [0, 0.1) is 0 Å². The van der Waals surface area contributed by atoms with E-state index in [2.05, 4.69) is 4.99 Å². The standard InChI is InChI=1S/C23H22N2O3S/c26-29(27,25-15-4-5-16-25)23-13-11-20(12-14-23)24-18-19-7-6-10-22(17-19)28-21-8-2-1-3-9-21/h1-3,6-14,17-18H,4-5,15-16H2. The molecule has 0 amide bonds. The second-order valence-corrected chi connectivity index (χ2v) is 8.79. The average molecular weight is 407 g/mol. The van der Waals surface area contributed by atoms with Crippen LogP contribution < -0.4 is 4.74 Å². The lowest BCUT2D eigenvalue weighted by atomic mass is 10.2. The van der Waals surface area contributed by atoms with Gasteiger partial charge in [0.25, 0.3) is 0 Å². The predicted octanol–water partition coefficient (Wildman–Crippen LogP) is 5.01. The molecule has 29 heavy (non-hydrogen) atoms. The van der Waals surface area contributed by atoms with Gasteiger partial charge in [-0.1, -0.05) is 30.3 Å². The van der Waals surface area contributed by atoms with Gasteiger partial charge in [0.15, 0.2) is 0 Å². The Bertz CT molecular complexity index is 1090. The molecule has 4 rings (SSSR count). The quantitative estimate of drug-likeness (QED) is 0.541. The maximum atomic E-state index is 12.6. The lowest BCUT2D eigenvalue weighted by molar-refractivity contribution is 0.477. The number of sulfonamides is 1. The van der Waals surface area contributed by atoms with Gasteiger partial charge < -0.3 is 4.74 Å². The molecule has 0 bridgehead atoms. The molecule has 0 saturated carbocycles. The lowest BCUT2D eigenvalue weighted by Crippen LogP contribution is -2.27. The van der Waals surface area contributed by atoms with E-state index < -0.39 is 10.0 Å². The molecule has 3 aromatic carbocycles. The van der Waals surface area contributed by atoms with Crippen LogP contribution in [0.1, 0.15) is 18.4 Å². The molecule has 0 N–H and O–H groups in total. The number of aliphatic imine (C=N–C) groups is 1. The molecular formula is C23H22N2O3S. The summed E-state index contributed by atoms with van der Waals surface area (Å²) in [5.41, 5.74) is 1.59. The van der Waals surface area contributed by atoms with Gasteiger partial charge in [0.2, 0.25) is 10.0 Å². The Morgan fingerprint density at radius 2 is 1.52 bits per heavy atom. The summed E-state index contributed by atoms with van der Waals surface area (Å²) >= 11 is 0. The summed E-state index contributed by atoms with van der Waals surface area (Å²) in [6.07, 6.45) is 3.59. The average Bonchev–Trinajstić information content (AvgIpc) is 3.30. The fourth-order valence-corrected chi connectivity index (χ4v) is 4.73. The van der Waals surface area contributed by atoms with Crippen molar-refractivity contribution >= 4 is 21.9 Å². The summed E-state index contributed by atoms with van der Waals surface area (Å²) in [5, 5.41) is 0. The molecule has 0 unspecified atom stereocenters. The van der Waals surface area contributed by atoms with Crippen molar-refractivity contribution in [2.75, 3.05) is 13.1 Å². The van der Waals surface area contributed by atoms with Crippen LogP contribution in [-0.2, 0) is 10.0 Å². The summed E-state index contributed by atoms with van der Waals surface area (Å²) in [6.45, 7) is 1.20. The highest BCUT2D eigenvalue weighted by Gasteiger charge is 2.26. The van der Waals surface area contributed by atoms with Crippen LogP contribution in [-0.4, -0.2) is 32.0 Å². The fourth-order valence-electron chi connectivity index (χ4n) is 3.21. The molecular weight excluding hydrogens is 384 g/mol. The minimum Gasteiger partial charge on any atom is -0.457 e. The molecule has 0 atom stereocenters. The number of hydrogen-bond acceptors (Lipinski definition) is 4. The highest BCUT2D eigenvalue weighted by molar-refractivity contribution is 7.89. The third-order valence-corrected chi connectivity index (χ3v) is 6.65. The summed E-state index contributed by atoms with van der Waals surface area (Å²) in [6, 6.07) is 23.9. The van der Waals surface area contributed by atoms with Crippen molar-refractivity contribution in [3.8, 4) is 11.5 Å². The van der Waals surface area contributed by atoms with Crippen LogP contribution >= 0.6 is 0 Å². The van der Waals surface area contributed by atoms with Gasteiger partial charge in [-0.15, -0.1) is 0 Å². The Labute approximate surface area is 171 Å². The Morgan fingerprint density at radius 1 is 0.828 bits per heavy atom. The first kappa shape index (κ1) is 19.4. The molecule has 0 aliphatic carbocycles. The van der Waals surface area contributed by atoms with Gasteiger partial charge >= 0.3 is 0 Å². The van der Waals surface area contributed by atoms with E-state index in [1.54, 1.807) is 34.8 Å². The van der Waals surface area contributed by atoms with Crippen molar-refractivity contribution < 1.29 is 13.2 Å². The number of ether oxygens (including phenoxy) is 1. The van der Waals surface area contributed by atoms with Crippen LogP contribution in [0.4, 0.5) is 5.69 Å². The minimum absolute atomic E-state index is 0.316. The van der Waals surface area contributed by atoms with Crippen LogP contribution in [0.15, 0.2) is 88.8 Å². The van der Waals surface area contributed by atoms with Crippen molar-refractivity contribution in [2.45, 2.75) is 17.7 Å². The minimum atomic E-state index is -3.39. The molecule has 1 fully saturated rings. The van der Waals surface area contributed by atoms with Gasteiger partial charge in [0.1, 0.15) is 11.5 Å². The highest BCUT2D eigenvalue weighted by atomic mass is 32.2. The summed E-state index contributed by atoms with van der Waals surface area (Å²) in [4.78, 5) is 4.77. The maximum Gasteiger partial charge on any atom is 0.243 e. The van der Waals surface area contributed by atoms with E-state index in [-0.39, 0.29) is 0 Å². The number of para-hydroxylation sites is 1. The number of nitrogens with zero attached hydrogens (tertiary/aromatic N) is 2. The van der Waals surface area contributed by atoms with Gasteiger partial charge in [0.05, 0.1) is 10.6 Å². The molecule has 1 aliphatic rings. The molecule has 3 aromatic rings. The zero-order chi connectivity index (χ0) is 20.1. The van der Waals surface area contributed by atoms with Crippen molar-refractivity contribution in [1.29, 1.82) is 0 Å². The first-order chi connectivity index (χ1) is 14.1. The molecule has 1 heterocycles. The third-order valence-electron chi connectivity index (χ3n) is 4.74. The lowest BCUT2D eigenvalue weighted by Gasteiger charge is -2.15. The monoisotopic (exact) mass is 406 g/mol. The first-order valence-electron chi connectivity index (χ1n) is 9.58. The fraction of sp³-hybridized carbons (Fsp3) is 0.174. The van der Waals surface area contributed by atoms with Crippen LogP contribution in [0.3, 0.4) is 0 Å².